The van der Waals surface area contributed by atoms with Crippen LogP contribution in [0, 0.1) is 0 Å². The van der Waals surface area contributed by atoms with E-state index in [2.05, 4.69) is 10.1 Å². The lowest BCUT2D eigenvalue weighted by Gasteiger charge is -2.19. The number of anilines is 2. The lowest BCUT2D eigenvalue weighted by atomic mass is 10.2. The molecule has 21 heavy (non-hydrogen) atoms. The van der Waals surface area contributed by atoms with Crippen molar-refractivity contribution in [1.82, 2.24) is 0 Å². The third kappa shape index (κ3) is 5.05. The Hall–Kier alpha value is -1.54. The Bertz CT molecular complexity index is 514. The molecule has 0 saturated carbocycles. The van der Waals surface area contributed by atoms with Crippen molar-refractivity contribution in [3.8, 4) is 0 Å². The van der Waals surface area contributed by atoms with Crippen LogP contribution < -0.4 is 11.1 Å². The molecule has 1 rings (SSSR count). The highest BCUT2D eigenvalue weighted by Gasteiger charge is 2.41. The van der Waals surface area contributed by atoms with E-state index in [1.807, 2.05) is 0 Å². The molecule has 1 aromatic carbocycles. The van der Waals surface area contributed by atoms with Crippen molar-refractivity contribution in [3.05, 3.63) is 23.2 Å². The third-order valence-electron chi connectivity index (χ3n) is 2.49. The highest BCUT2D eigenvalue weighted by atomic mass is 35.5. The molecule has 0 aliphatic heterocycles. The van der Waals surface area contributed by atoms with E-state index in [-0.39, 0.29) is 11.4 Å². The number of carbonyl (C=O) groups excluding carboxylic acids is 1. The second-order valence-electron chi connectivity index (χ2n) is 4.24. The number of benzene rings is 1. The van der Waals surface area contributed by atoms with E-state index in [1.54, 1.807) is 0 Å². The molecule has 1 aromatic rings. The first kappa shape index (κ1) is 17.5. The standard InChI is InChI=1S/C12H13ClF4N2O2/c1-6(21-5-12(16,17)11(14)15)10(20)19-9-3-2-7(13)4-8(9)18/h2-4,6,11H,5,18H2,1H3,(H,19,20). The lowest BCUT2D eigenvalue weighted by Crippen LogP contribution is -2.37. The largest absolute Gasteiger partial charge is 0.397 e. The van der Waals surface area contributed by atoms with Gasteiger partial charge in [-0.1, -0.05) is 11.6 Å². The summed E-state index contributed by atoms with van der Waals surface area (Å²) in [6.45, 7) is -0.404. The average Bonchev–Trinajstić information content (AvgIpc) is 2.39. The summed E-state index contributed by atoms with van der Waals surface area (Å²) in [5.74, 6) is -5.11. The number of nitrogens with two attached hydrogens (primary N) is 1. The van der Waals surface area contributed by atoms with Gasteiger partial charge in [0.25, 0.3) is 5.91 Å². The fourth-order valence-electron chi connectivity index (χ4n) is 1.26. The van der Waals surface area contributed by atoms with Gasteiger partial charge in [-0.05, 0) is 25.1 Å². The van der Waals surface area contributed by atoms with E-state index < -0.39 is 31.0 Å². The van der Waals surface area contributed by atoms with Crippen molar-refractivity contribution in [3.63, 3.8) is 0 Å². The molecule has 0 spiro atoms. The Kier molecular flexibility index (Phi) is 5.79. The van der Waals surface area contributed by atoms with Crippen molar-refractivity contribution < 1.29 is 27.1 Å². The first-order chi connectivity index (χ1) is 9.63. The number of nitrogen functional groups attached to an aromatic ring is 1. The zero-order chi connectivity index (χ0) is 16.2. The highest BCUT2D eigenvalue weighted by Crippen LogP contribution is 2.25. The van der Waals surface area contributed by atoms with E-state index in [1.165, 1.54) is 18.2 Å². The van der Waals surface area contributed by atoms with Gasteiger partial charge in [-0.25, -0.2) is 8.78 Å². The van der Waals surface area contributed by atoms with Crippen LogP contribution in [0.5, 0.6) is 0 Å². The van der Waals surface area contributed by atoms with Gasteiger partial charge in [0.1, 0.15) is 12.7 Å². The number of rotatable bonds is 6. The predicted molar refractivity (Wildman–Crippen MR) is 70.9 cm³/mol. The summed E-state index contributed by atoms with van der Waals surface area (Å²) in [4.78, 5) is 11.7. The summed E-state index contributed by atoms with van der Waals surface area (Å²) < 4.78 is 53.7. The molecule has 0 aromatic heterocycles. The van der Waals surface area contributed by atoms with Crippen LogP contribution in [0.2, 0.25) is 5.02 Å². The number of halogens is 5. The van der Waals surface area contributed by atoms with Crippen molar-refractivity contribution in [1.29, 1.82) is 0 Å². The number of amides is 1. The molecule has 0 aliphatic rings. The molecule has 0 saturated heterocycles. The van der Waals surface area contributed by atoms with Gasteiger partial charge in [-0.2, -0.15) is 8.78 Å². The van der Waals surface area contributed by atoms with Crippen LogP contribution >= 0.6 is 11.6 Å². The summed E-state index contributed by atoms with van der Waals surface area (Å²) in [6.07, 6.45) is -5.22. The molecular formula is C12H13ClF4N2O2. The summed E-state index contributed by atoms with van der Waals surface area (Å²) in [7, 11) is 0. The van der Waals surface area contributed by atoms with Gasteiger partial charge in [0, 0.05) is 5.02 Å². The van der Waals surface area contributed by atoms with Crippen LogP contribution in [0.1, 0.15) is 6.92 Å². The van der Waals surface area contributed by atoms with Crippen molar-refractivity contribution in [2.75, 3.05) is 17.7 Å². The predicted octanol–water partition coefficient (Wildman–Crippen LogP) is 3.17. The topological polar surface area (TPSA) is 64.3 Å². The summed E-state index contributed by atoms with van der Waals surface area (Å²) >= 11 is 5.67. The minimum absolute atomic E-state index is 0.168. The monoisotopic (exact) mass is 328 g/mol. The maximum Gasteiger partial charge on any atom is 0.330 e. The highest BCUT2D eigenvalue weighted by molar-refractivity contribution is 6.31. The Morgan fingerprint density at radius 3 is 2.62 bits per heavy atom. The minimum atomic E-state index is -4.31. The molecule has 0 aliphatic carbocycles. The van der Waals surface area contributed by atoms with Crippen LogP contribution in [0.25, 0.3) is 0 Å². The Morgan fingerprint density at radius 2 is 2.10 bits per heavy atom. The molecule has 0 fully saturated rings. The molecule has 0 bridgehead atoms. The molecule has 3 N–H and O–H groups in total. The molecule has 0 heterocycles. The zero-order valence-corrected chi connectivity index (χ0v) is 11.6. The fraction of sp³-hybridized carbons (Fsp3) is 0.417. The maximum absolute atomic E-state index is 12.7. The summed E-state index contributed by atoms with van der Waals surface area (Å²) in [6, 6.07) is 4.26. The van der Waals surface area contributed by atoms with Crippen molar-refractivity contribution >= 4 is 28.9 Å². The fourth-order valence-corrected chi connectivity index (χ4v) is 1.44. The molecule has 1 atom stereocenters. The molecule has 1 amide bonds. The Balaban J connectivity index is 2.59. The van der Waals surface area contributed by atoms with Crippen LogP contribution in [-0.4, -0.2) is 31.0 Å². The average molecular weight is 329 g/mol. The van der Waals surface area contributed by atoms with Crippen LogP contribution in [0.15, 0.2) is 18.2 Å². The van der Waals surface area contributed by atoms with Gasteiger partial charge in [-0.15, -0.1) is 0 Å². The van der Waals surface area contributed by atoms with Gasteiger partial charge in [0.15, 0.2) is 0 Å². The molecular weight excluding hydrogens is 316 g/mol. The van der Waals surface area contributed by atoms with Crippen LogP contribution in [0.4, 0.5) is 28.9 Å². The molecule has 0 radical (unpaired) electrons. The zero-order valence-electron chi connectivity index (χ0n) is 10.9. The SMILES string of the molecule is CC(OCC(F)(F)C(F)F)C(=O)Nc1ccc(Cl)cc1N. The number of nitrogens with one attached hydrogen (secondary N) is 1. The molecule has 4 nitrogen and oxygen atoms in total. The molecule has 118 valence electrons. The van der Waals surface area contributed by atoms with Crippen molar-refractivity contribution in [2.24, 2.45) is 0 Å². The van der Waals surface area contributed by atoms with E-state index in [0.29, 0.717) is 5.02 Å². The molecule has 1 unspecified atom stereocenters. The maximum atomic E-state index is 12.7. The quantitative estimate of drug-likeness (QED) is 0.623. The number of ether oxygens (including phenoxy) is 1. The summed E-state index contributed by atoms with van der Waals surface area (Å²) in [5, 5.41) is 2.68. The van der Waals surface area contributed by atoms with Crippen LogP contribution in [0.3, 0.4) is 0 Å². The molecule has 9 heteroatoms. The minimum Gasteiger partial charge on any atom is -0.397 e. The number of alkyl halides is 4. The van der Waals surface area contributed by atoms with Gasteiger partial charge in [0.05, 0.1) is 11.4 Å². The normalized spacial score (nSPS) is 13.3. The lowest BCUT2D eigenvalue weighted by molar-refractivity contribution is -0.176. The van der Waals surface area contributed by atoms with E-state index in [0.717, 1.165) is 6.92 Å². The summed E-state index contributed by atoms with van der Waals surface area (Å²) in [5.41, 5.74) is 5.97. The second kappa shape index (κ2) is 6.95. The first-order valence-corrected chi connectivity index (χ1v) is 6.14. The van der Waals surface area contributed by atoms with E-state index in [9.17, 15) is 22.4 Å². The van der Waals surface area contributed by atoms with Crippen LogP contribution in [-0.2, 0) is 9.53 Å². The van der Waals surface area contributed by atoms with Gasteiger partial charge in [-0.3, -0.25) is 4.79 Å². The van der Waals surface area contributed by atoms with E-state index >= 15 is 0 Å². The Labute approximate surface area is 123 Å². The number of hydrogen-bond donors (Lipinski definition) is 2. The van der Waals surface area contributed by atoms with Crippen molar-refractivity contribution in [2.45, 2.75) is 25.4 Å². The van der Waals surface area contributed by atoms with Gasteiger partial charge in [0.2, 0.25) is 0 Å². The van der Waals surface area contributed by atoms with Gasteiger partial charge < -0.3 is 15.8 Å². The Morgan fingerprint density at radius 1 is 1.48 bits per heavy atom. The third-order valence-corrected chi connectivity index (χ3v) is 2.72. The second-order valence-corrected chi connectivity index (χ2v) is 4.67. The van der Waals surface area contributed by atoms with E-state index in [4.69, 9.17) is 17.3 Å². The number of carbonyl (C=O) groups is 1. The number of hydrogen-bond acceptors (Lipinski definition) is 3. The van der Waals surface area contributed by atoms with Gasteiger partial charge >= 0.3 is 12.3 Å². The smallest absolute Gasteiger partial charge is 0.330 e. The first-order valence-electron chi connectivity index (χ1n) is 5.77.